The monoisotopic (exact) mass is 401 g/mol. The third kappa shape index (κ3) is 3.22. The Labute approximate surface area is 169 Å². The molecule has 0 bridgehead atoms. The maximum atomic E-state index is 13.0. The Bertz CT molecular complexity index is 966. The molecule has 2 aromatic rings. The average Bonchev–Trinajstić information content (AvgIpc) is 3.05. The van der Waals surface area contributed by atoms with E-state index >= 15 is 0 Å². The van der Waals surface area contributed by atoms with E-state index in [1.807, 2.05) is 19.9 Å². The number of carbonyl (C=O) groups is 3. The molecule has 0 aliphatic carbocycles. The third-order valence-electron chi connectivity index (χ3n) is 5.31. The summed E-state index contributed by atoms with van der Waals surface area (Å²) >= 11 is 6.24. The smallest absolute Gasteiger partial charge is 0.325 e. The Morgan fingerprint density at radius 3 is 2.54 bits per heavy atom. The lowest BCUT2D eigenvalue weighted by Gasteiger charge is -2.23. The number of nitrogens with zero attached hydrogens (tertiary/aromatic N) is 2. The molecule has 1 saturated heterocycles. The van der Waals surface area contributed by atoms with Crippen LogP contribution in [0.5, 0.6) is 0 Å². The summed E-state index contributed by atoms with van der Waals surface area (Å²) in [5.41, 5.74) is 1.59. The van der Waals surface area contributed by atoms with Crippen molar-refractivity contribution in [3.63, 3.8) is 0 Å². The van der Waals surface area contributed by atoms with E-state index in [1.54, 1.807) is 31.2 Å². The Hall–Kier alpha value is -2.60. The molecule has 1 aliphatic heterocycles. The number of Topliss-reactive ketones (excluding diaryl/α,β-unsaturated/α-hetero) is 1. The molecule has 0 spiro atoms. The summed E-state index contributed by atoms with van der Waals surface area (Å²) in [4.78, 5) is 39.4. The van der Waals surface area contributed by atoms with Crippen LogP contribution < -0.4 is 5.32 Å². The van der Waals surface area contributed by atoms with Crippen LogP contribution in [0.4, 0.5) is 4.79 Å². The van der Waals surface area contributed by atoms with Crippen molar-refractivity contribution in [3.8, 4) is 0 Å². The van der Waals surface area contributed by atoms with Gasteiger partial charge in [0.05, 0.1) is 6.54 Å². The van der Waals surface area contributed by atoms with Gasteiger partial charge in [0.2, 0.25) is 0 Å². The molecule has 3 rings (SSSR count). The quantitative estimate of drug-likeness (QED) is 0.590. The zero-order valence-corrected chi connectivity index (χ0v) is 17.3. The predicted octanol–water partition coefficient (Wildman–Crippen LogP) is 3.82. The van der Waals surface area contributed by atoms with E-state index in [2.05, 4.69) is 16.8 Å². The number of ketones is 1. The minimum absolute atomic E-state index is 0.262. The molecule has 1 aliphatic rings. The fourth-order valence-electron chi connectivity index (χ4n) is 3.77. The fraction of sp³-hybridized carbons (Fsp3) is 0.381. The first-order valence-electron chi connectivity index (χ1n) is 9.29. The highest BCUT2D eigenvalue weighted by Gasteiger charge is 2.50. The van der Waals surface area contributed by atoms with Gasteiger partial charge < -0.3 is 9.88 Å². The van der Waals surface area contributed by atoms with Gasteiger partial charge in [-0.15, -0.1) is 0 Å². The number of aromatic nitrogens is 1. The summed E-state index contributed by atoms with van der Waals surface area (Å²) < 4.78 is 2.08. The first-order valence-corrected chi connectivity index (χ1v) is 9.67. The van der Waals surface area contributed by atoms with Gasteiger partial charge in [-0.05, 0) is 39.3 Å². The second-order valence-corrected chi connectivity index (χ2v) is 7.69. The van der Waals surface area contributed by atoms with Crippen LogP contribution in [0.15, 0.2) is 30.3 Å². The lowest BCUT2D eigenvalue weighted by molar-refractivity contribution is -0.130. The van der Waals surface area contributed by atoms with Crippen LogP contribution in [0.1, 0.15) is 47.6 Å². The van der Waals surface area contributed by atoms with Gasteiger partial charge in [-0.1, -0.05) is 36.7 Å². The standard InChI is InChI=1S/C21H24ClN3O3/c1-5-10-24-13(2)11-15(14(24)3)18(26)12-25-19(27)21(4,23-20(25)28)16-8-6-7-9-17(16)22/h6-9,11H,5,10,12H2,1-4H3,(H,23,28)/t21-/m0/s1. The molecule has 1 N–H and O–H groups in total. The fourth-order valence-corrected chi connectivity index (χ4v) is 4.09. The molecule has 1 atom stereocenters. The third-order valence-corrected chi connectivity index (χ3v) is 5.64. The number of benzene rings is 1. The number of hydrogen-bond acceptors (Lipinski definition) is 3. The number of halogens is 1. The van der Waals surface area contributed by atoms with Crippen molar-refractivity contribution in [2.75, 3.05) is 6.54 Å². The first-order chi connectivity index (χ1) is 13.2. The SMILES string of the molecule is CCCn1c(C)cc(C(=O)CN2C(=O)N[C@@](C)(c3ccccc3Cl)C2=O)c1C. The Morgan fingerprint density at radius 1 is 1.21 bits per heavy atom. The largest absolute Gasteiger partial charge is 0.348 e. The van der Waals surface area contributed by atoms with Gasteiger partial charge in [0.1, 0.15) is 5.54 Å². The first kappa shape index (κ1) is 20.1. The Morgan fingerprint density at radius 2 is 1.89 bits per heavy atom. The summed E-state index contributed by atoms with van der Waals surface area (Å²) in [5, 5.41) is 3.08. The van der Waals surface area contributed by atoms with Gasteiger partial charge in [0, 0.05) is 34.1 Å². The zero-order chi connectivity index (χ0) is 20.6. The minimum Gasteiger partial charge on any atom is -0.348 e. The van der Waals surface area contributed by atoms with Crippen LogP contribution >= 0.6 is 11.6 Å². The molecular formula is C21H24ClN3O3. The highest BCUT2D eigenvalue weighted by Crippen LogP contribution is 2.33. The maximum absolute atomic E-state index is 13.0. The van der Waals surface area contributed by atoms with E-state index in [1.165, 1.54) is 0 Å². The number of hydrogen-bond donors (Lipinski definition) is 1. The minimum atomic E-state index is -1.30. The van der Waals surface area contributed by atoms with Crippen molar-refractivity contribution in [1.82, 2.24) is 14.8 Å². The lowest BCUT2D eigenvalue weighted by Crippen LogP contribution is -2.41. The van der Waals surface area contributed by atoms with Gasteiger partial charge in [-0.3, -0.25) is 14.5 Å². The molecule has 1 fully saturated rings. The van der Waals surface area contributed by atoms with Crippen molar-refractivity contribution in [2.24, 2.45) is 0 Å². The molecular weight excluding hydrogens is 378 g/mol. The van der Waals surface area contributed by atoms with Gasteiger partial charge in [0.25, 0.3) is 5.91 Å². The number of urea groups is 1. The number of amides is 3. The highest BCUT2D eigenvalue weighted by atomic mass is 35.5. The molecule has 3 amide bonds. The van der Waals surface area contributed by atoms with Crippen LogP contribution in [0, 0.1) is 13.8 Å². The maximum Gasteiger partial charge on any atom is 0.325 e. The van der Waals surface area contributed by atoms with E-state index in [9.17, 15) is 14.4 Å². The predicted molar refractivity (Wildman–Crippen MR) is 108 cm³/mol. The van der Waals surface area contributed by atoms with E-state index < -0.39 is 17.5 Å². The van der Waals surface area contributed by atoms with Crippen molar-refractivity contribution in [3.05, 3.63) is 57.9 Å². The topological polar surface area (TPSA) is 71.4 Å². The van der Waals surface area contributed by atoms with E-state index in [0.717, 1.165) is 29.3 Å². The molecule has 0 radical (unpaired) electrons. The van der Waals surface area contributed by atoms with Crippen LogP contribution in [0.25, 0.3) is 0 Å². The van der Waals surface area contributed by atoms with Crippen molar-refractivity contribution in [2.45, 2.75) is 46.2 Å². The molecule has 148 valence electrons. The molecule has 6 nitrogen and oxygen atoms in total. The molecule has 2 heterocycles. The van der Waals surface area contributed by atoms with Crippen LogP contribution in [0.3, 0.4) is 0 Å². The van der Waals surface area contributed by atoms with Crippen LogP contribution in [-0.2, 0) is 16.9 Å². The summed E-state index contributed by atoms with van der Waals surface area (Å²) in [6, 6.07) is 8.09. The van der Waals surface area contributed by atoms with Crippen LogP contribution in [-0.4, -0.2) is 33.7 Å². The number of nitrogens with one attached hydrogen (secondary N) is 1. The Kier molecular flexibility index (Phi) is 5.35. The van der Waals surface area contributed by atoms with Crippen LogP contribution in [0.2, 0.25) is 5.02 Å². The van der Waals surface area contributed by atoms with Crippen molar-refractivity contribution < 1.29 is 14.4 Å². The summed E-state index contributed by atoms with van der Waals surface area (Å²) in [5.74, 6) is -0.747. The van der Waals surface area contributed by atoms with Gasteiger partial charge in [0.15, 0.2) is 5.78 Å². The number of carbonyl (C=O) groups excluding carboxylic acids is 3. The van der Waals surface area contributed by atoms with E-state index in [-0.39, 0.29) is 12.3 Å². The molecule has 7 heteroatoms. The summed E-state index contributed by atoms with van der Waals surface area (Å²) in [6.45, 7) is 8.02. The van der Waals surface area contributed by atoms with Crippen molar-refractivity contribution in [1.29, 1.82) is 0 Å². The summed E-state index contributed by atoms with van der Waals surface area (Å²) in [7, 11) is 0. The number of imide groups is 1. The average molecular weight is 402 g/mol. The Balaban J connectivity index is 1.87. The number of rotatable bonds is 6. The molecule has 1 aromatic heterocycles. The van der Waals surface area contributed by atoms with Crippen molar-refractivity contribution >= 4 is 29.3 Å². The lowest BCUT2D eigenvalue weighted by atomic mass is 9.92. The van der Waals surface area contributed by atoms with Gasteiger partial charge in [-0.25, -0.2) is 4.79 Å². The second-order valence-electron chi connectivity index (χ2n) is 7.29. The molecule has 0 saturated carbocycles. The van der Waals surface area contributed by atoms with E-state index in [0.29, 0.717) is 16.1 Å². The highest BCUT2D eigenvalue weighted by molar-refractivity contribution is 6.32. The summed E-state index contributed by atoms with van der Waals surface area (Å²) in [6.07, 6.45) is 0.952. The number of aryl methyl sites for hydroxylation is 1. The zero-order valence-electron chi connectivity index (χ0n) is 16.5. The van der Waals surface area contributed by atoms with Gasteiger partial charge in [-0.2, -0.15) is 0 Å². The van der Waals surface area contributed by atoms with E-state index in [4.69, 9.17) is 11.6 Å². The van der Waals surface area contributed by atoms with Gasteiger partial charge >= 0.3 is 6.03 Å². The second kappa shape index (κ2) is 7.43. The molecule has 1 aromatic carbocycles. The molecule has 0 unspecified atom stereocenters. The normalized spacial score (nSPS) is 19.2. The molecule has 28 heavy (non-hydrogen) atoms.